The van der Waals surface area contributed by atoms with Crippen molar-refractivity contribution in [2.45, 2.75) is 51.4 Å². The van der Waals surface area contributed by atoms with Crippen molar-refractivity contribution >= 4 is 0 Å². The highest BCUT2D eigenvalue weighted by atomic mass is 16.5. The summed E-state index contributed by atoms with van der Waals surface area (Å²) in [4.78, 5) is 0. The van der Waals surface area contributed by atoms with Crippen LogP contribution in [0.15, 0.2) is 61.2 Å². The third kappa shape index (κ3) is 5.76. The molecule has 0 heterocycles. The lowest BCUT2D eigenvalue weighted by Crippen LogP contribution is -2.13. The molecule has 140 valence electrons. The molecule has 0 aromatic heterocycles. The van der Waals surface area contributed by atoms with Gasteiger partial charge in [-0.2, -0.15) is 0 Å². The van der Waals surface area contributed by atoms with Crippen LogP contribution in [0, 0.1) is 17.8 Å². The van der Waals surface area contributed by atoms with Crippen LogP contribution < -0.4 is 4.74 Å². The van der Waals surface area contributed by atoms with E-state index in [0.717, 1.165) is 35.1 Å². The Bertz CT molecular complexity index is 766. The first-order chi connectivity index (χ1) is 13.3. The van der Waals surface area contributed by atoms with E-state index in [2.05, 4.69) is 48.8 Å². The lowest BCUT2D eigenvalue weighted by atomic mass is 9.77. The largest absolute Gasteiger partial charge is 0.494 e. The first-order valence-electron chi connectivity index (χ1n) is 10.2. The molecule has 0 aliphatic heterocycles. The number of rotatable bonds is 6. The molecule has 1 heteroatoms. The SMILES string of the molecule is C=CCCC1CCC(c2ccc(C#Cc3ccc(OCC)cc3)cc2)CC1. The maximum Gasteiger partial charge on any atom is 0.119 e. The third-order valence-electron chi connectivity index (χ3n) is 5.52. The zero-order valence-electron chi connectivity index (χ0n) is 16.4. The molecule has 0 saturated heterocycles. The zero-order chi connectivity index (χ0) is 18.9. The molecule has 0 N–H and O–H groups in total. The molecular weight excluding hydrogens is 328 g/mol. The Morgan fingerprint density at radius 1 is 0.926 bits per heavy atom. The van der Waals surface area contributed by atoms with Gasteiger partial charge < -0.3 is 4.74 Å². The Kier molecular flexibility index (Phi) is 7.17. The van der Waals surface area contributed by atoms with Gasteiger partial charge in [0.15, 0.2) is 0 Å². The summed E-state index contributed by atoms with van der Waals surface area (Å²) in [6.07, 6.45) is 9.89. The van der Waals surface area contributed by atoms with Crippen LogP contribution in [0.3, 0.4) is 0 Å². The quantitative estimate of drug-likeness (QED) is 0.411. The van der Waals surface area contributed by atoms with Crippen molar-refractivity contribution in [3.63, 3.8) is 0 Å². The summed E-state index contributed by atoms with van der Waals surface area (Å²) < 4.78 is 5.47. The molecule has 2 aromatic carbocycles. The average molecular weight is 359 g/mol. The molecule has 1 aliphatic rings. The summed E-state index contributed by atoms with van der Waals surface area (Å²) in [6.45, 7) is 6.53. The minimum Gasteiger partial charge on any atom is -0.494 e. The van der Waals surface area contributed by atoms with E-state index >= 15 is 0 Å². The molecule has 0 unspecified atom stereocenters. The van der Waals surface area contributed by atoms with E-state index in [1.54, 1.807) is 0 Å². The van der Waals surface area contributed by atoms with Crippen molar-refractivity contribution in [2.24, 2.45) is 5.92 Å². The fraction of sp³-hybridized carbons (Fsp3) is 0.385. The van der Waals surface area contributed by atoms with Crippen LogP contribution in [0.2, 0.25) is 0 Å². The molecule has 0 spiro atoms. The predicted octanol–water partition coefficient (Wildman–Crippen LogP) is 6.73. The molecule has 2 aromatic rings. The Morgan fingerprint density at radius 2 is 1.52 bits per heavy atom. The molecule has 1 fully saturated rings. The summed E-state index contributed by atoms with van der Waals surface area (Å²) in [6, 6.07) is 16.9. The van der Waals surface area contributed by atoms with Crippen molar-refractivity contribution in [1.82, 2.24) is 0 Å². The highest BCUT2D eigenvalue weighted by Crippen LogP contribution is 2.37. The van der Waals surface area contributed by atoms with E-state index in [1.165, 1.54) is 37.7 Å². The Labute approximate surface area is 164 Å². The van der Waals surface area contributed by atoms with E-state index < -0.39 is 0 Å². The van der Waals surface area contributed by atoms with Crippen LogP contribution >= 0.6 is 0 Å². The summed E-state index contributed by atoms with van der Waals surface area (Å²) in [7, 11) is 0. The van der Waals surface area contributed by atoms with Gasteiger partial charge in [0.05, 0.1) is 6.61 Å². The van der Waals surface area contributed by atoms with Crippen molar-refractivity contribution in [1.29, 1.82) is 0 Å². The Hall–Kier alpha value is -2.46. The predicted molar refractivity (Wildman–Crippen MR) is 114 cm³/mol. The Morgan fingerprint density at radius 3 is 2.07 bits per heavy atom. The maximum absolute atomic E-state index is 5.47. The van der Waals surface area contributed by atoms with E-state index in [9.17, 15) is 0 Å². The Balaban J connectivity index is 1.56. The van der Waals surface area contributed by atoms with Gasteiger partial charge in [-0.25, -0.2) is 0 Å². The van der Waals surface area contributed by atoms with Gasteiger partial charge in [0, 0.05) is 11.1 Å². The normalized spacial score (nSPS) is 19.0. The van der Waals surface area contributed by atoms with Gasteiger partial charge in [0.25, 0.3) is 0 Å². The summed E-state index contributed by atoms with van der Waals surface area (Å²) in [5.74, 6) is 9.03. The van der Waals surface area contributed by atoms with E-state index in [-0.39, 0.29) is 0 Å². The fourth-order valence-electron chi connectivity index (χ4n) is 3.92. The number of benzene rings is 2. The number of ether oxygens (including phenoxy) is 1. The monoisotopic (exact) mass is 358 g/mol. The van der Waals surface area contributed by atoms with Crippen molar-refractivity contribution in [2.75, 3.05) is 6.61 Å². The van der Waals surface area contributed by atoms with Gasteiger partial charge in [-0.3, -0.25) is 0 Å². The van der Waals surface area contributed by atoms with Crippen LogP contribution in [0.4, 0.5) is 0 Å². The van der Waals surface area contributed by atoms with Gasteiger partial charge in [0.1, 0.15) is 5.75 Å². The highest BCUT2D eigenvalue weighted by molar-refractivity contribution is 5.45. The molecule has 1 aliphatic carbocycles. The molecule has 0 atom stereocenters. The van der Waals surface area contributed by atoms with Crippen LogP contribution in [0.25, 0.3) is 0 Å². The molecule has 27 heavy (non-hydrogen) atoms. The van der Waals surface area contributed by atoms with E-state index in [4.69, 9.17) is 4.74 Å². The summed E-state index contributed by atoms with van der Waals surface area (Å²) in [5.41, 5.74) is 3.57. The molecule has 1 nitrogen and oxygen atoms in total. The first-order valence-corrected chi connectivity index (χ1v) is 10.2. The third-order valence-corrected chi connectivity index (χ3v) is 5.52. The minimum absolute atomic E-state index is 0.688. The van der Waals surface area contributed by atoms with Crippen LogP contribution in [0.5, 0.6) is 5.75 Å². The van der Waals surface area contributed by atoms with Gasteiger partial charge in [0.2, 0.25) is 0 Å². The molecule has 0 bridgehead atoms. The lowest BCUT2D eigenvalue weighted by molar-refractivity contribution is 0.312. The summed E-state index contributed by atoms with van der Waals surface area (Å²) in [5, 5.41) is 0. The smallest absolute Gasteiger partial charge is 0.119 e. The molecule has 0 radical (unpaired) electrons. The van der Waals surface area contributed by atoms with Gasteiger partial charge in [-0.05, 0) is 99.2 Å². The molecule has 3 rings (SSSR count). The van der Waals surface area contributed by atoms with Gasteiger partial charge >= 0.3 is 0 Å². The number of hydrogen-bond acceptors (Lipinski definition) is 1. The molecular formula is C26H30O. The van der Waals surface area contributed by atoms with Crippen molar-refractivity contribution in [3.8, 4) is 17.6 Å². The summed E-state index contributed by atoms with van der Waals surface area (Å²) >= 11 is 0. The second kappa shape index (κ2) is 10.0. The van der Waals surface area contributed by atoms with Gasteiger partial charge in [-0.15, -0.1) is 6.58 Å². The second-order valence-corrected chi connectivity index (χ2v) is 7.41. The second-order valence-electron chi connectivity index (χ2n) is 7.41. The average Bonchev–Trinajstić information content (AvgIpc) is 2.73. The van der Waals surface area contributed by atoms with E-state index in [1.807, 2.05) is 31.2 Å². The zero-order valence-corrected chi connectivity index (χ0v) is 16.4. The van der Waals surface area contributed by atoms with Crippen LogP contribution in [0.1, 0.15) is 68.1 Å². The van der Waals surface area contributed by atoms with E-state index in [0.29, 0.717) is 6.61 Å². The number of allylic oxidation sites excluding steroid dienone is 1. The van der Waals surface area contributed by atoms with Crippen LogP contribution in [-0.2, 0) is 0 Å². The minimum atomic E-state index is 0.688. The van der Waals surface area contributed by atoms with Crippen LogP contribution in [-0.4, -0.2) is 6.61 Å². The fourth-order valence-corrected chi connectivity index (χ4v) is 3.92. The maximum atomic E-state index is 5.47. The van der Waals surface area contributed by atoms with Crippen molar-refractivity contribution in [3.05, 3.63) is 77.9 Å². The molecule has 0 amide bonds. The number of hydrogen-bond donors (Lipinski definition) is 0. The van der Waals surface area contributed by atoms with Crippen molar-refractivity contribution < 1.29 is 4.74 Å². The highest BCUT2D eigenvalue weighted by Gasteiger charge is 2.21. The topological polar surface area (TPSA) is 9.23 Å². The molecule has 1 saturated carbocycles. The standard InChI is InChI=1S/C26H30O/c1-3-5-6-21-9-15-24(16-10-21)25-17-11-22(12-18-25)7-8-23-13-19-26(20-14-23)27-4-2/h3,11-14,17-21,24H,1,4-6,9-10,15-16H2,2H3. The lowest BCUT2D eigenvalue weighted by Gasteiger charge is -2.28. The van der Waals surface area contributed by atoms with Gasteiger partial charge in [-0.1, -0.05) is 30.0 Å². The first kappa shape index (κ1) is 19.3.